The van der Waals surface area contributed by atoms with Gasteiger partial charge in [-0.15, -0.1) is 0 Å². The van der Waals surface area contributed by atoms with Crippen LogP contribution in [0.4, 0.5) is 0 Å². The Bertz CT molecular complexity index is 1140. The molecule has 0 saturated carbocycles. The highest BCUT2D eigenvalue weighted by Gasteiger charge is 2.23. The van der Waals surface area contributed by atoms with Crippen LogP contribution in [0, 0.1) is 0 Å². The van der Waals surface area contributed by atoms with E-state index in [4.69, 9.17) is 0 Å². The first-order valence-corrected chi connectivity index (χ1v) is 13.1. The maximum Gasteiger partial charge on any atom is 0.242 e. The van der Waals surface area contributed by atoms with Crippen molar-refractivity contribution < 1.29 is 18.0 Å². The number of carbonyl (C=O) groups is 2. The van der Waals surface area contributed by atoms with Crippen LogP contribution in [0.25, 0.3) is 11.0 Å². The lowest BCUT2D eigenvalue weighted by Gasteiger charge is -2.22. The summed E-state index contributed by atoms with van der Waals surface area (Å²) in [6, 6.07) is 4.98. The Hall–Kier alpha value is -2.50. The Morgan fingerprint density at radius 1 is 1.06 bits per heavy atom. The summed E-state index contributed by atoms with van der Waals surface area (Å²) in [7, 11) is 2.97. The first-order chi connectivity index (χ1) is 16.0. The van der Waals surface area contributed by atoms with Gasteiger partial charge in [-0.25, -0.2) is 17.7 Å². The van der Waals surface area contributed by atoms with Gasteiger partial charge in [-0.1, -0.05) is 0 Å². The van der Waals surface area contributed by atoms with E-state index in [1.54, 1.807) is 37.2 Å². The number of imidazole rings is 1. The predicted octanol–water partition coefficient (Wildman–Crippen LogP) is 0.862. The van der Waals surface area contributed by atoms with Crippen molar-refractivity contribution in [3.63, 3.8) is 0 Å². The zero-order chi connectivity index (χ0) is 25.0. The second-order valence-corrected chi connectivity index (χ2v) is 11.2. The molecule has 0 aliphatic carbocycles. The summed E-state index contributed by atoms with van der Waals surface area (Å²) in [5, 5.41) is 0. The number of hydrogen-bond donors (Lipinski definition) is 0. The van der Waals surface area contributed by atoms with Crippen LogP contribution >= 0.6 is 0 Å². The number of rotatable bonds is 8. The number of sulfonamides is 1. The molecule has 34 heavy (non-hydrogen) atoms. The van der Waals surface area contributed by atoms with Crippen LogP contribution in [0.1, 0.15) is 25.6 Å². The summed E-state index contributed by atoms with van der Waals surface area (Å²) in [6.07, 6.45) is 1.66. The third-order valence-electron chi connectivity index (χ3n) is 6.25. The van der Waals surface area contributed by atoms with E-state index in [0.29, 0.717) is 51.1 Å². The molecule has 1 aliphatic heterocycles. The van der Waals surface area contributed by atoms with Crippen molar-refractivity contribution in [2.45, 2.75) is 37.6 Å². The molecule has 0 atom stereocenters. The number of aromatic nitrogens is 2. The molecular formula is C23H36N6O4S. The fourth-order valence-corrected chi connectivity index (χ4v) is 5.08. The maximum atomic E-state index is 12.9. The van der Waals surface area contributed by atoms with Crippen molar-refractivity contribution in [3.8, 4) is 0 Å². The number of fused-ring (bicyclic) bond motifs is 1. The smallest absolute Gasteiger partial charge is 0.242 e. The molecule has 1 saturated heterocycles. The summed E-state index contributed by atoms with van der Waals surface area (Å²) in [5.41, 5.74) is 1.47. The zero-order valence-corrected chi connectivity index (χ0v) is 21.6. The van der Waals surface area contributed by atoms with E-state index >= 15 is 0 Å². The maximum absolute atomic E-state index is 12.9. The minimum atomic E-state index is -3.54. The molecule has 3 rings (SSSR count). The monoisotopic (exact) mass is 492 g/mol. The van der Waals surface area contributed by atoms with Crippen LogP contribution in [-0.2, 0) is 32.6 Å². The predicted molar refractivity (Wildman–Crippen MR) is 131 cm³/mol. The van der Waals surface area contributed by atoms with Crippen LogP contribution in [0.5, 0.6) is 0 Å². The molecule has 0 spiro atoms. The lowest BCUT2D eigenvalue weighted by atomic mass is 10.2. The van der Waals surface area contributed by atoms with Crippen LogP contribution in [0.3, 0.4) is 0 Å². The van der Waals surface area contributed by atoms with Crippen molar-refractivity contribution in [2.24, 2.45) is 0 Å². The third-order valence-corrected chi connectivity index (χ3v) is 8.07. The lowest BCUT2D eigenvalue weighted by molar-refractivity contribution is -0.131. The van der Waals surface area contributed by atoms with Gasteiger partial charge < -0.3 is 14.4 Å². The van der Waals surface area contributed by atoms with E-state index in [1.165, 1.54) is 18.4 Å². The van der Waals surface area contributed by atoms with Gasteiger partial charge in [-0.05, 0) is 31.5 Å². The van der Waals surface area contributed by atoms with Gasteiger partial charge in [0.25, 0.3) is 0 Å². The molecule has 1 aromatic heterocycles. The number of aryl methyl sites for hydroxylation is 2. The molecule has 2 aromatic rings. The van der Waals surface area contributed by atoms with Crippen molar-refractivity contribution in [3.05, 3.63) is 24.0 Å². The molecule has 2 heterocycles. The zero-order valence-electron chi connectivity index (χ0n) is 20.8. The van der Waals surface area contributed by atoms with Crippen molar-refractivity contribution in [1.82, 2.24) is 28.6 Å². The van der Waals surface area contributed by atoms with Crippen LogP contribution in [0.2, 0.25) is 0 Å². The number of amides is 2. The molecule has 1 aromatic carbocycles. The highest BCUT2D eigenvalue weighted by atomic mass is 32.2. The number of likely N-dealkylation sites (N-methyl/N-ethyl adjacent to an activating group) is 1. The molecule has 2 amide bonds. The average Bonchev–Trinajstić information content (AvgIpc) is 2.98. The Labute approximate surface area is 202 Å². The Morgan fingerprint density at radius 2 is 1.79 bits per heavy atom. The fourth-order valence-electron chi connectivity index (χ4n) is 4.16. The fraction of sp³-hybridized carbons (Fsp3) is 0.609. The Kier molecular flexibility index (Phi) is 8.32. The SMILES string of the molecule is CCn1c(CCC(=O)N2CCCN(CC(=O)N(C)C)CC2)nc2cc(S(=O)(=O)N(C)C)ccc21. The minimum absolute atomic E-state index is 0.0692. The summed E-state index contributed by atoms with van der Waals surface area (Å²) in [5.74, 6) is 0.921. The minimum Gasteiger partial charge on any atom is -0.348 e. The van der Waals surface area contributed by atoms with Gasteiger partial charge in [0, 0.05) is 73.8 Å². The van der Waals surface area contributed by atoms with Crippen molar-refractivity contribution in [2.75, 3.05) is 60.9 Å². The summed E-state index contributed by atoms with van der Waals surface area (Å²) in [4.78, 5) is 35.4. The Balaban J connectivity index is 1.67. The molecule has 1 fully saturated rings. The molecule has 1 aliphatic rings. The van der Waals surface area contributed by atoms with Gasteiger partial charge in [-0.2, -0.15) is 0 Å². The van der Waals surface area contributed by atoms with E-state index in [-0.39, 0.29) is 16.7 Å². The topological polar surface area (TPSA) is 99.1 Å². The molecule has 0 radical (unpaired) electrons. The Morgan fingerprint density at radius 3 is 2.44 bits per heavy atom. The van der Waals surface area contributed by atoms with E-state index in [0.717, 1.165) is 24.3 Å². The van der Waals surface area contributed by atoms with E-state index < -0.39 is 10.0 Å². The van der Waals surface area contributed by atoms with Gasteiger partial charge in [-0.3, -0.25) is 14.5 Å². The van der Waals surface area contributed by atoms with E-state index in [2.05, 4.69) is 9.88 Å². The summed E-state index contributed by atoms with van der Waals surface area (Å²) in [6.45, 7) is 5.83. The standard InChI is InChI=1S/C23H36N6O4S/c1-6-29-20-9-8-18(34(32,33)26(4)5)16-19(20)24-21(29)10-11-22(30)28-13-7-12-27(14-15-28)17-23(31)25(2)3/h8-9,16H,6-7,10-15,17H2,1-5H3. The van der Waals surface area contributed by atoms with Gasteiger partial charge in [0.1, 0.15) is 5.82 Å². The van der Waals surface area contributed by atoms with Gasteiger partial charge in [0.2, 0.25) is 21.8 Å². The largest absolute Gasteiger partial charge is 0.348 e. The number of nitrogens with zero attached hydrogens (tertiary/aromatic N) is 6. The van der Waals surface area contributed by atoms with E-state index in [1.807, 2.05) is 16.4 Å². The number of benzene rings is 1. The molecular weight excluding hydrogens is 456 g/mol. The average molecular weight is 493 g/mol. The van der Waals surface area contributed by atoms with Crippen molar-refractivity contribution in [1.29, 1.82) is 0 Å². The van der Waals surface area contributed by atoms with Crippen LogP contribution in [-0.4, -0.2) is 110 Å². The molecule has 0 unspecified atom stereocenters. The van der Waals surface area contributed by atoms with E-state index in [9.17, 15) is 18.0 Å². The second kappa shape index (κ2) is 10.8. The number of carbonyl (C=O) groups excluding carboxylic acids is 2. The first-order valence-electron chi connectivity index (χ1n) is 11.7. The molecule has 11 heteroatoms. The van der Waals surface area contributed by atoms with Gasteiger partial charge >= 0.3 is 0 Å². The normalized spacial score (nSPS) is 15.6. The molecule has 0 bridgehead atoms. The molecule has 10 nitrogen and oxygen atoms in total. The third kappa shape index (κ3) is 5.76. The quantitative estimate of drug-likeness (QED) is 0.542. The van der Waals surface area contributed by atoms with Gasteiger partial charge in [0.05, 0.1) is 22.5 Å². The summed E-state index contributed by atoms with van der Waals surface area (Å²) < 4.78 is 28.2. The molecule has 188 valence electrons. The lowest BCUT2D eigenvalue weighted by Crippen LogP contribution is -2.39. The summed E-state index contributed by atoms with van der Waals surface area (Å²) >= 11 is 0. The molecule has 0 N–H and O–H groups in total. The van der Waals surface area contributed by atoms with Crippen molar-refractivity contribution >= 4 is 32.9 Å². The van der Waals surface area contributed by atoms with Gasteiger partial charge in [0.15, 0.2) is 0 Å². The highest BCUT2D eigenvalue weighted by Crippen LogP contribution is 2.23. The highest BCUT2D eigenvalue weighted by molar-refractivity contribution is 7.89. The second-order valence-electron chi connectivity index (χ2n) is 9.01. The first kappa shape index (κ1) is 26.1. The number of hydrogen-bond acceptors (Lipinski definition) is 6. The van der Waals surface area contributed by atoms with Crippen LogP contribution in [0.15, 0.2) is 23.1 Å². The van der Waals surface area contributed by atoms with Crippen LogP contribution < -0.4 is 0 Å².